The lowest BCUT2D eigenvalue weighted by Gasteiger charge is -2.15. The lowest BCUT2D eigenvalue weighted by Crippen LogP contribution is -2.28. The van der Waals surface area contributed by atoms with Crippen LogP contribution in [0.25, 0.3) is 17.4 Å². The maximum absolute atomic E-state index is 13.4. The number of amidine groups is 1. The van der Waals surface area contributed by atoms with E-state index in [0.717, 1.165) is 5.69 Å². The molecule has 34 heavy (non-hydrogen) atoms. The Hall–Kier alpha value is -4.43. The quantitative estimate of drug-likeness (QED) is 0.186. The zero-order valence-electron chi connectivity index (χ0n) is 17.7. The van der Waals surface area contributed by atoms with Gasteiger partial charge < -0.3 is 4.42 Å². The fourth-order valence-corrected chi connectivity index (χ4v) is 4.49. The first-order valence-corrected chi connectivity index (χ1v) is 11.2. The van der Waals surface area contributed by atoms with E-state index in [1.807, 2.05) is 60.7 Å². The number of carbonyl (C=O) groups excluding carboxylic acids is 1. The molecular weight excluding hydrogens is 450 g/mol. The van der Waals surface area contributed by atoms with Crippen molar-refractivity contribution < 1.29 is 14.1 Å². The molecule has 3 aromatic carbocycles. The monoisotopic (exact) mass is 467 g/mol. The summed E-state index contributed by atoms with van der Waals surface area (Å²) in [4.78, 5) is 31.0. The molecule has 0 unspecified atom stereocenters. The Bertz CT molecular complexity index is 1430. The molecular formula is C26H17N3O4S. The van der Waals surface area contributed by atoms with Crippen LogP contribution in [0.5, 0.6) is 0 Å². The minimum atomic E-state index is -0.448. The second-order valence-corrected chi connectivity index (χ2v) is 8.30. The molecule has 166 valence electrons. The van der Waals surface area contributed by atoms with Gasteiger partial charge in [0.25, 0.3) is 11.6 Å². The zero-order chi connectivity index (χ0) is 23.5. The first-order valence-electron chi connectivity index (χ1n) is 10.4. The number of benzene rings is 3. The lowest BCUT2D eigenvalue weighted by atomic mass is 10.1. The number of furan rings is 1. The third kappa shape index (κ3) is 4.26. The molecule has 1 aliphatic heterocycles. The fraction of sp³-hybridized carbons (Fsp3) is 0. The third-order valence-corrected chi connectivity index (χ3v) is 6.04. The molecule has 1 amide bonds. The number of thioether (sulfide) groups is 1. The maximum atomic E-state index is 13.4. The number of hydrogen-bond donors (Lipinski definition) is 0. The van der Waals surface area contributed by atoms with E-state index >= 15 is 0 Å². The first kappa shape index (κ1) is 21.4. The van der Waals surface area contributed by atoms with E-state index in [9.17, 15) is 14.9 Å². The zero-order valence-corrected chi connectivity index (χ0v) is 18.5. The summed E-state index contributed by atoms with van der Waals surface area (Å²) in [5.41, 5.74) is 1.77. The van der Waals surface area contributed by atoms with Gasteiger partial charge in [0.1, 0.15) is 11.5 Å². The highest BCUT2D eigenvalue weighted by atomic mass is 32.2. The van der Waals surface area contributed by atoms with Gasteiger partial charge in [0.2, 0.25) is 0 Å². The summed E-state index contributed by atoms with van der Waals surface area (Å²) in [5, 5.41) is 11.9. The maximum Gasteiger partial charge on any atom is 0.280 e. The summed E-state index contributed by atoms with van der Waals surface area (Å²) in [5.74, 6) is 0.542. The van der Waals surface area contributed by atoms with Gasteiger partial charge in [-0.25, -0.2) is 4.99 Å². The van der Waals surface area contributed by atoms with E-state index in [4.69, 9.17) is 4.42 Å². The van der Waals surface area contributed by atoms with Crippen molar-refractivity contribution in [2.24, 2.45) is 4.99 Å². The SMILES string of the molecule is O=C1/C(=C/c2ccc(-c3ccccc3[N+](=O)[O-])o2)SC(=Nc2ccccc2)N1c1ccccc1. The predicted octanol–water partition coefficient (Wildman–Crippen LogP) is 6.66. The van der Waals surface area contributed by atoms with E-state index in [2.05, 4.69) is 4.99 Å². The molecule has 0 radical (unpaired) electrons. The number of nitro groups is 1. The Morgan fingerprint density at radius 3 is 2.29 bits per heavy atom. The van der Waals surface area contributed by atoms with Gasteiger partial charge in [-0.15, -0.1) is 0 Å². The van der Waals surface area contributed by atoms with E-state index < -0.39 is 4.92 Å². The van der Waals surface area contributed by atoms with E-state index in [0.29, 0.717) is 32.8 Å². The van der Waals surface area contributed by atoms with Crippen molar-refractivity contribution in [2.45, 2.75) is 0 Å². The smallest absolute Gasteiger partial charge is 0.280 e. The van der Waals surface area contributed by atoms with E-state index in [1.54, 1.807) is 41.3 Å². The van der Waals surface area contributed by atoms with Crippen LogP contribution in [-0.4, -0.2) is 16.0 Å². The van der Waals surface area contributed by atoms with Crippen LogP contribution >= 0.6 is 11.8 Å². The summed E-state index contributed by atoms with van der Waals surface area (Å²) in [7, 11) is 0. The molecule has 0 saturated carbocycles. The van der Waals surface area contributed by atoms with Crippen molar-refractivity contribution in [3.05, 3.63) is 118 Å². The van der Waals surface area contributed by atoms with Crippen molar-refractivity contribution in [3.63, 3.8) is 0 Å². The standard InChI is InChI=1S/C26H17N3O4S/c30-25-24(17-20-15-16-23(33-20)21-13-7-8-14-22(21)29(31)32)34-26(27-18-9-3-1-4-10-18)28(25)19-11-5-2-6-12-19/h1-17H/b24-17-,27-26?. The molecule has 0 spiro atoms. The Morgan fingerprint density at radius 2 is 1.56 bits per heavy atom. The highest BCUT2D eigenvalue weighted by Gasteiger charge is 2.35. The molecule has 0 atom stereocenters. The van der Waals surface area contributed by atoms with Gasteiger partial charge in [-0.3, -0.25) is 19.8 Å². The fourth-order valence-electron chi connectivity index (χ4n) is 3.51. The lowest BCUT2D eigenvalue weighted by molar-refractivity contribution is -0.384. The molecule has 0 N–H and O–H groups in total. The second-order valence-electron chi connectivity index (χ2n) is 7.29. The van der Waals surface area contributed by atoms with Crippen LogP contribution in [-0.2, 0) is 4.79 Å². The molecule has 5 rings (SSSR count). The van der Waals surface area contributed by atoms with Gasteiger partial charge >= 0.3 is 0 Å². The van der Waals surface area contributed by atoms with Crippen molar-refractivity contribution >= 4 is 46.0 Å². The van der Waals surface area contributed by atoms with Crippen LogP contribution in [0.3, 0.4) is 0 Å². The van der Waals surface area contributed by atoms with Gasteiger partial charge in [0.05, 0.1) is 26.8 Å². The molecule has 1 aliphatic rings. The average molecular weight is 468 g/mol. The van der Waals surface area contributed by atoms with Crippen LogP contribution in [0.15, 0.2) is 111 Å². The molecule has 4 aromatic rings. The minimum Gasteiger partial charge on any atom is -0.456 e. The highest BCUT2D eigenvalue weighted by molar-refractivity contribution is 8.19. The van der Waals surface area contributed by atoms with Crippen LogP contribution in [0.4, 0.5) is 17.1 Å². The predicted molar refractivity (Wildman–Crippen MR) is 134 cm³/mol. The number of para-hydroxylation sites is 3. The van der Waals surface area contributed by atoms with Crippen molar-refractivity contribution in [1.29, 1.82) is 0 Å². The normalized spacial score (nSPS) is 15.9. The molecule has 7 nitrogen and oxygen atoms in total. The average Bonchev–Trinajstić information content (AvgIpc) is 3.45. The van der Waals surface area contributed by atoms with Crippen LogP contribution in [0, 0.1) is 10.1 Å². The Kier molecular flexibility index (Phi) is 5.80. The first-order chi connectivity index (χ1) is 16.6. The Balaban J connectivity index is 1.51. The van der Waals surface area contributed by atoms with Gasteiger partial charge in [0.15, 0.2) is 5.17 Å². The molecule has 2 heterocycles. The number of nitrogens with zero attached hydrogens (tertiary/aromatic N) is 3. The van der Waals surface area contributed by atoms with E-state index in [-0.39, 0.29) is 11.6 Å². The molecule has 1 saturated heterocycles. The third-order valence-electron chi connectivity index (χ3n) is 5.07. The van der Waals surface area contributed by atoms with E-state index in [1.165, 1.54) is 17.8 Å². The Labute approximate surface area is 199 Å². The highest BCUT2D eigenvalue weighted by Crippen LogP contribution is 2.38. The summed E-state index contributed by atoms with van der Waals surface area (Å²) in [6.07, 6.45) is 1.63. The molecule has 1 fully saturated rings. The second kappa shape index (κ2) is 9.21. The summed E-state index contributed by atoms with van der Waals surface area (Å²) in [6.45, 7) is 0. The number of carbonyl (C=O) groups is 1. The number of amides is 1. The minimum absolute atomic E-state index is 0.0464. The largest absolute Gasteiger partial charge is 0.456 e. The van der Waals surface area contributed by atoms with Crippen molar-refractivity contribution in [3.8, 4) is 11.3 Å². The molecule has 8 heteroatoms. The molecule has 0 bridgehead atoms. The Morgan fingerprint density at radius 1 is 0.882 bits per heavy atom. The van der Waals surface area contributed by atoms with Crippen molar-refractivity contribution in [1.82, 2.24) is 0 Å². The van der Waals surface area contributed by atoms with Gasteiger partial charge in [-0.1, -0.05) is 48.5 Å². The summed E-state index contributed by atoms with van der Waals surface area (Å²) in [6, 6.07) is 28.4. The number of hydrogen-bond acceptors (Lipinski definition) is 6. The number of nitro benzene ring substituents is 1. The van der Waals surface area contributed by atoms with Crippen LogP contribution in [0.2, 0.25) is 0 Å². The van der Waals surface area contributed by atoms with Crippen LogP contribution < -0.4 is 4.90 Å². The van der Waals surface area contributed by atoms with Crippen LogP contribution in [0.1, 0.15) is 5.76 Å². The molecule has 1 aromatic heterocycles. The number of aliphatic imine (C=N–C) groups is 1. The van der Waals surface area contributed by atoms with Gasteiger partial charge in [0, 0.05) is 12.1 Å². The summed E-state index contributed by atoms with van der Waals surface area (Å²) < 4.78 is 5.86. The molecule has 0 aliphatic carbocycles. The number of anilines is 1. The summed E-state index contributed by atoms with van der Waals surface area (Å²) >= 11 is 1.24. The van der Waals surface area contributed by atoms with Gasteiger partial charge in [-0.05, 0) is 54.2 Å². The van der Waals surface area contributed by atoms with Crippen molar-refractivity contribution in [2.75, 3.05) is 4.90 Å². The number of rotatable bonds is 5. The van der Waals surface area contributed by atoms with Gasteiger partial charge in [-0.2, -0.15) is 0 Å². The topological polar surface area (TPSA) is 88.9 Å².